The zero-order chi connectivity index (χ0) is 12.5. The second kappa shape index (κ2) is 5.68. The summed E-state index contributed by atoms with van der Waals surface area (Å²) in [7, 11) is 0. The van der Waals surface area contributed by atoms with Gasteiger partial charge in [-0.2, -0.15) is 0 Å². The molecular weight excluding hydrogens is 328 g/mol. The number of rotatable bonds is 3. The molecule has 0 amide bonds. The average molecular weight is 348 g/mol. The Bertz CT molecular complexity index is 369. The first-order valence-corrected chi connectivity index (χ1v) is 7.46. The summed E-state index contributed by atoms with van der Waals surface area (Å²) in [5.41, 5.74) is 4.08. The van der Waals surface area contributed by atoms with Gasteiger partial charge >= 0.3 is 0 Å². The topological polar surface area (TPSA) is 0 Å². The first-order valence-electron chi connectivity index (χ1n) is 5.75. The zero-order valence-electron chi connectivity index (χ0n) is 10.6. The fraction of sp³-hybridized carbons (Fsp3) is 0.571. The molecular formula is C14H20Br2. The predicted molar refractivity (Wildman–Crippen MR) is 79.3 cm³/mol. The van der Waals surface area contributed by atoms with Crippen molar-refractivity contribution in [1.82, 2.24) is 0 Å². The van der Waals surface area contributed by atoms with E-state index in [4.69, 9.17) is 0 Å². The highest BCUT2D eigenvalue weighted by molar-refractivity contribution is 9.10. The molecule has 16 heavy (non-hydrogen) atoms. The van der Waals surface area contributed by atoms with Gasteiger partial charge in [0.2, 0.25) is 0 Å². The van der Waals surface area contributed by atoms with E-state index in [0.717, 1.165) is 0 Å². The Labute approximate surface area is 116 Å². The third-order valence-corrected chi connectivity index (χ3v) is 5.54. The van der Waals surface area contributed by atoms with Crippen LogP contribution in [-0.2, 0) is 0 Å². The molecule has 0 bridgehead atoms. The lowest BCUT2D eigenvalue weighted by atomic mass is 9.88. The number of hydrogen-bond acceptors (Lipinski definition) is 0. The van der Waals surface area contributed by atoms with Gasteiger partial charge in [0.25, 0.3) is 0 Å². The molecule has 0 aliphatic rings. The molecule has 0 aliphatic heterocycles. The van der Waals surface area contributed by atoms with Crippen LogP contribution in [0.3, 0.4) is 0 Å². The largest absolute Gasteiger partial charge is 0.0836 e. The minimum absolute atomic E-state index is 0.444. The lowest BCUT2D eigenvalue weighted by Gasteiger charge is -2.24. The van der Waals surface area contributed by atoms with Gasteiger partial charge in [0.1, 0.15) is 0 Å². The van der Waals surface area contributed by atoms with Gasteiger partial charge in [0.05, 0.1) is 0 Å². The van der Waals surface area contributed by atoms with Crippen molar-refractivity contribution in [3.63, 3.8) is 0 Å². The van der Waals surface area contributed by atoms with Crippen LogP contribution in [0.25, 0.3) is 0 Å². The third kappa shape index (κ3) is 3.10. The second-order valence-electron chi connectivity index (χ2n) is 4.96. The van der Waals surface area contributed by atoms with Gasteiger partial charge in [0.15, 0.2) is 0 Å². The van der Waals surface area contributed by atoms with Gasteiger partial charge in [-0.05, 0) is 48.4 Å². The van der Waals surface area contributed by atoms with Crippen molar-refractivity contribution in [2.45, 2.75) is 39.4 Å². The standard InChI is InChI=1S/C14H20Br2/c1-8(2)11(5)14(16)12-6-10(4)13(15)7-9(12)3/h6-8,11,14H,1-5H3. The first-order chi connectivity index (χ1) is 7.34. The Morgan fingerprint density at radius 2 is 1.56 bits per heavy atom. The fourth-order valence-electron chi connectivity index (χ4n) is 1.72. The normalized spacial score (nSPS) is 15.2. The Morgan fingerprint density at radius 1 is 1.00 bits per heavy atom. The summed E-state index contributed by atoms with van der Waals surface area (Å²) in [6, 6.07) is 4.50. The molecule has 2 atom stereocenters. The summed E-state index contributed by atoms with van der Waals surface area (Å²) >= 11 is 7.43. The maximum absolute atomic E-state index is 3.85. The van der Waals surface area contributed by atoms with Crippen LogP contribution in [0.1, 0.15) is 42.3 Å². The summed E-state index contributed by atoms with van der Waals surface area (Å²) in [6.07, 6.45) is 0. The summed E-state index contributed by atoms with van der Waals surface area (Å²) in [6.45, 7) is 11.2. The summed E-state index contributed by atoms with van der Waals surface area (Å²) in [5.74, 6) is 1.33. The van der Waals surface area contributed by atoms with Crippen molar-refractivity contribution in [2.24, 2.45) is 11.8 Å². The van der Waals surface area contributed by atoms with Crippen molar-refractivity contribution < 1.29 is 0 Å². The van der Waals surface area contributed by atoms with E-state index in [1.54, 1.807) is 0 Å². The number of benzene rings is 1. The molecule has 90 valence electrons. The Hall–Kier alpha value is 0.180. The number of aryl methyl sites for hydroxylation is 2. The van der Waals surface area contributed by atoms with Crippen LogP contribution in [0.5, 0.6) is 0 Å². The lowest BCUT2D eigenvalue weighted by molar-refractivity contribution is 0.414. The summed E-state index contributed by atoms with van der Waals surface area (Å²) < 4.78 is 1.20. The lowest BCUT2D eigenvalue weighted by Crippen LogP contribution is -2.11. The van der Waals surface area contributed by atoms with Crippen molar-refractivity contribution in [3.05, 3.63) is 33.3 Å². The second-order valence-corrected chi connectivity index (χ2v) is 6.80. The maximum Gasteiger partial charge on any atom is 0.0426 e. The molecule has 0 spiro atoms. The van der Waals surface area contributed by atoms with Gasteiger partial charge in [-0.15, -0.1) is 0 Å². The highest BCUT2D eigenvalue weighted by Gasteiger charge is 2.21. The average Bonchev–Trinajstić information content (AvgIpc) is 2.21. The molecule has 0 aliphatic carbocycles. The Balaban J connectivity index is 3.08. The van der Waals surface area contributed by atoms with E-state index in [9.17, 15) is 0 Å². The molecule has 1 aromatic rings. The Kier molecular flexibility index (Phi) is 5.06. The SMILES string of the molecule is Cc1cc(C(Br)C(C)C(C)C)c(C)cc1Br. The van der Waals surface area contributed by atoms with Crippen LogP contribution < -0.4 is 0 Å². The highest BCUT2D eigenvalue weighted by Crippen LogP contribution is 2.38. The smallest absolute Gasteiger partial charge is 0.0426 e. The van der Waals surface area contributed by atoms with Gasteiger partial charge in [-0.3, -0.25) is 0 Å². The monoisotopic (exact) mass is 346 g/mol. The third-order valence-electron chi connectivity index (χ3n) is 3.36. The van der Waals surface area contributed by atoms with Crippen LogP contribution in [0.15, 0.2) is 16.6 Å². The van der Waals surface area contributed by atoms with Crippen LogP contribution in [0.4, 0.5) is 0 Å². The molecule has 0 fully saturated rings. The van der Waals surface area contributed by atoms with E-state index in [1.165, 1.54) is 21.2 Å². The molecule has 2 unspecified atom stereocenters. The van der Waals surface area contributed by atoms with E-state index in [1.807, 2.05) is 0 Å². The number of alkyl halides is 1. The van der Waals surface area contributed by atoms with Crippen LogP contribution in [0, 0.1) is 25.7 Å². The molecule has 0 heterocycles. The Morgan fingerprint density at radius 3 is 2.06 bits per heavy atom. The van der Waals surface area contributed by atoms with Crippen molar-refractivity contribution >= 4 is 31.9 Å². The molecule has 1 aromatic carbocycles. The van der Waals surface area contributed by atoms with E-state index < -0.39 is 0 Å². The van der Waals surface area contributed by atoms with Crippen LogP contribution in [0.2, 0.25) is 0 Å². The molecule has 1 rings (SSSR count). The minimum Gasteiger partial charge on any atom is -0.0836 e. The minimum atomic E-state index is 0.444. The van der Waals surface area contributed by atoms with E-state index in [-0.39, 0.29) is 0 Å². The number of halogens is 2. The van der Waals surface area contributed by atoms with Crippen molar-refractivity contribution in [2.75, 3.05) is 0 Å². The molecule has 0 N–H and O–H groups in total. The van der Waals surface area contributed by atoms with Gasteiger partial charge in [-0.1, -0.05) is 58.7 Å². The molecule has 0 saturated carbocycles. The van der Waals surface area contributed by atoms with Crippen molar-refractivity contribution in [3.8, 4) is 0 Å². The van der Waals surface area contributed by atoms with E-state index in [2.05, 4.69) is 78.6 Å². The quantitative estimate of drug-likeness (QED) is 0.606. The molecule has 0 radical (unpaired) electrons. The summed E-state index contributed by atoms with van der Waals surface area (Å²) in [4.78, 5) is 0.444. The summed E-state index contributed by atoms with van der Waals surface area (Å²) in [5, 5.41) is 0. The zero-order valence-corrected chi connectivity index (χ0v) is 13.8. The van der Waals surface area contributed by atoms with Gasteiger partial charge in [0, 0.05) is 9.30 Å². The van der Waals surface area contributed by atoms with Crippen LogP contribution >= 0.6 is 31.9 Å². The van der Waals surface area contributed by atoms with Crippen molar-refractivity contribution in [1.29, 1.82) is 0 Å². The molecule has 0 aromatic heterocycles. The van der Waals surface area contributed by atoms with E-state index >= 15 is 0 Å². The fourth-order valence-corrected chi connectivity index (χ4v) is 3.28. The van der Waals surface area contributed by atoms with Gasteiger partial charge in [-0.25, -0.2) is 0 Å². The predicted octanol–water partition coefficient (Wildman–Crippen LogP) is 5.79. The van der Waals surface area contributed by atoms with Gasteiger partial charge < -0.3 is 0 Å². The molecule has 0 saturated heterocycles. The molecule has 0 nitrogen and oxygen atoms in total. The molecule has 2 heteroatoms. The van der Waals surface area contributed by atoms with E-state index in [0.29, 0.717) is 16.7 Å². The number of hydrogen-bond donors (Lipinski definition) is 0. The maximum atomic E-state index is 3.85. The first kappa shape index (κ1) is 14.2. The highest BCUT2D eigenvalue weighted by atomic mass is 79.9. The van der Waals surface area contributed by atoms with Crippen LogP contribution in [-0.4, -0.2) is 0 Å².